The van der Waals surface area contributed by atoms with E-state index in [1.54, 1.807) is 11.7 Å². The molecule has 1 aromatic heterocycles. The summed E-state index contributed by atoms with van der Waals surface area (Å²) < 4.78 is 15.8. The van der Waals surface area contributed by atoms with Gasteiger partial charge in [0.1, 0.15) is 17.8 Å². The van der Waals surface area contributed by atoms with E-state index >= 15 is 0 Å². The lowest BCUT2D eigenvalue weighted by atomic mass is 9.91. The molecule has 0 saturated carbocycles. The van der Waals surface area contributed by atoms with Crippen molar-refractivity contribution >= 4 is 0 Å². The summed E-state index contributed by atoms with van der Waals surface area (Å²) in [6, 6.07) is 0. The number of nitrogens with zero attached hydrogens (tertiary/aromatic N) is 3. The van der Waals surface area contributed by atoms with Crippen LogP contribution >= 0.6 is 0 Å². The van der Waals surface area contributed by atoms with Crippen LogP contribution in [0.1, 0.15) is 18.7 Å². The summed E-state index contributed by atoms with van der Waals surface area (Å²) in [5, 5.41) is 7.09. The van der Waals surface area contributed by atoms with Crippen molar-refractivity contribution in [2.45, 2.75) is 24.9 Å². The quantitative estimate of drug-likeness (QED) is 0.750. The van der Waals surface area contributed by atoms with Crippen LogP contribution < -0.4 is 5.32 Å². The number of piperidine rings is 1. The van der Waals surface area contributed by atoms with Crippen LogP contribution in [0, 0.1) is 0 Å². The fourth-order valence-corrected chi connectivity index (χ4v) is 1.82. The molecular weight excluding hydrogens is 183 g/mol. The third-order valence-electron chi connectivity index (χ3n) is 2.78. The van der Waals surface area contributed by atoms with E-state index < -0.39 is 5.67 Å². The summed E-state index contributed by atoms with van der Waals surface area (Å²) in [4.78, 5) is 4.05. The summed E-state index contributed by atoms with van der Waals surface area (Å²) in [6.45, 7) is 1.52. The van der Waals surface area contributed by atoms with Crippen molar-refractivity contribution in [1.29, 1.82) is 0 Å². The molecule has 4 nitrogen and oxygen atoms in total. The number of hydrogen-bond acceptors (Lipinski definition) is 3. The molecule has 0 aromatic carbocycles. The Labute approximate surface area is 82.5 Å². The van der Waals surface area contributed by atoms with E-state index in [0.29, 0.717) is 19.3 Å². The average molecular weight is 198 g/mol. The molecule has 78 valence electrons. The van der Waals surface area contributed by atoms with Crippen LogP contribution in [0.2, 0.25) is 0 Å². The molecule has 0 aliphatic carbocycles. The zero-order chi connectivity index (χ0) is 10.0. The molecule has 1 aliphatic heterocycles. The topological polar surface area (TPSA) is 42.7 Å². The van der Waals surface area contributed by atoms with Crippen molar-refractivity contribution in [2.75, 3.05) is 13.1 Å². The first-order valence-electron chi connectivity index (χ1n) is 4.92. The van der Waals surface area contributed by atoms with Gasteiger partial charge in [0.2, 0.25) is 0 Å². The van der Waals surface area contributed by atoms with Gasteiger partial charge in [-0.25, -0.2) is 9.37 Å². The molecule has 1 N–H and O–H groups in total. The van der Waals surface area contributed by atoms with Crippen LogP contribution in [0.4, 0.5) is 4.39 Å². The average Bonchev–Trinajstić information content (AvgIpc) is 2.52. The molecule has 5 heteroatoms. The second-order valence-electron chi connectivity index (χ2n) is 3.88. The molecule has 2 heterocycles. The lowest BCUT2D eigenvalue weighted by Gasteiger charge is -2.29. The SMILES string of the molecule is Cn1ncnc1CC1(F)CCNCC1. The van der Waals surface area contributed by atoms with E-state index in [4.69, 9.17) is 0 Å². The zero-order valence-electron chi connectivity index (χ0n) is 8.33. The first-order valence-corrected chi connectivity index (χ1v) is 4.92. The van der Waals surface area contributed by atoms with Gasteiger partial charge in [-0.15, -0.1) is 0 Å². The van der Waals surface area contributed by atoms with Gasteiger partial charge in [0.25, 0.3) is 0 Å². The van der Waals surface area contributed by atoms with E-state index in [-0.39, 0.29) is 0 Å². The predicted molar refractivity (Wildman–Crippen MR) is 50.6 cm³/mol. The normalized spacial score (nSPS) is 21.0. The number of aromatic nitrogens is 3. The van der Waals surface area contributed by atoms with Gasteiger partial charge >= 0.3 is 0 Å². The number of alkyl halides is 1. The lowest BCUT2D eigenvalue weighted by Crippen LogP contribution is -2.40. The minimum atomic E-state index is -1.09. The monoisotopic (exact) mass is 198 g/mol. The fourth-order valence-electron chi connectivity index (χ4n) is 1.82. The lowest BCUT2D eigenvalue weighted by molar-refractivity contribution is 0.112. The fraction of sp³-hybridized carbons (Fsp3) is 0.778. The minimum absolute atomic E-state index is 0.380. The van der Waals surface area contributed by atoms with Crippen LogP contribution in [0.15, 0.2) is 6.33 Å². The van der Waals surface area contributed by atoms with Crippen molar-refractivity contribution < 1.29 is 4.39 Å². The van der Waals surface area contributed by atoms with Gasteiger partial charge in [-0.1, -0.05) is 0 Å². The van der Waals surface area contributed by atoms with Crippen LogP contribution in [0.5, 0.6) is 0 Å². The second-order valence-corrected chi connectivity index (χ2v) is 3.88. The van der Waals surface area contributed by atoms with Crippen LogP contribution in [0.3, 0.4) is 0 Å². The first-order chi connectivity index (χ1) is 6.70. The molecule has 2 rings (SSSR count). The maximum absolute atomic E-state index is 14.2. The summed E-state index contributed by atoms with van der Waals surface area (Å²) in [5.74, 6) is 0.731. The van der Waals surface area contributed by atoms with Gasteiger partial charge in [-0.3, -0.25) is 4.68 Å². The van der Waals surface area contributed by atoms with Crippen LogP contribution in [-0.2, 0) is 13.5 Å². The van der Waals surface area contributed by atoms with Gasteiger partial charge in [-0.05, 0) is 25.9 Å². The number of aryl methyl sites for hydroxylation is 1. The van der Waals surface area contributed by atoms with Crippen molar-refractivity contribution in [3.8, 4) is 0 Å². The Morgan fingerprint density at radius 1 is 1.57 bits per heavy atom. The zero-order valence-corrected chi connectivity index (χ0v) is 8.33. The third-order valence-corrected chi connectivity index (χ3v) is 2.78. The molecular formula is C9H15FN4. The van der Waals surface area contributed by atoms with Crippen molar-refractivity contribution in [3.05, 3.63) is 12.2 Å². The second kappa shape index (κ2) is 3.65. The number of halogens is 1. The maximum atomic E-state index is 14.2. The number of rotatable bonds is 2. The van der Waals surface area contributed by atoms with Gasteiger partial charge < -0.3 is 5.32 Å². The Kier molecular flexibility index (Phi) is 2.50. The Morgan fingerprint density at radius 2 is 2.29 bits per heavy atom. The largest absolute Gasteiger partial charge is 0.316 e. The Morgan fingerprint density at radius 3 is 2.86 bits per heavy atom. The Balaban J connectivity index is 2.05. The van der Waals surface area contributed by atoms with E-state index in [2.05, 4.69) is 15.4 Å². The van der Waals surface area contributed by atoms with Gasteiger partial charge in [-0.2, -0.15) is 5.10 Å². The number of hydrogen-bond donors (Lipinski definition) is 1. The summed E-state index contributed by atoms with van der Waals surface area (Å²) in [5.41, 5.74) is -1.09. The molecule has 0 radical (unpaired) electrons. The number of nitrogens with one attached hydrogen (secondary N) is 1. The minimum Gasteiger partial charge on any atom is -0.316 e. The highest BCUT2D eigenvalue weighted by atomic mass is 19.1. The molecule has 1 fully saturated rings. The molecule has 1 saturated heterocycles. The molecule has 0 atom stereocenters. The smallest absolute Gasteiger partial charge is 0.138 e. The molecule has 14 heavy (non-hydrogen) atoms. The van der Waals surface area contributed by atoms with E-state index in [1.807, 2.05) is 0 Å². The first kappa shape index (κ1) is 9.58. The Bertz CT molecular complexity index is 304. The molecule has 1 aliphatic rings. The molecule has 0 unspecified atom stereocenters. The van der Waals surface area contributed by atoms with Crippen molar-refractivity contribution in [3.63, 3.8) is 0 Å². The predicted octanol–water partition coefficient (Wildman–Crippen LogP) is 0.449. The van der Waals surface area contributed by atoms with Gasteiger partial charge in [0.15, 0.2) is 0 Å². The van der Waals surface area contributed by atoms with E-state index in [9.17, 15) is 4.39 Å². The summed E-state index contributed by atoms with van der Waals surface area (Å²) in [7, 11) is 1.80. The summed E-state index contributed by atoms with van der Waals surface area (Å²) in [6.07, 6.45) is 2.99. The van der Waals surface area contributed by atoms with Crippen molar-refractivity contribution in [1.82, 2.24) is 20.1 Å². The van der Waals surface area contributed by atoms with Gasteiger partial charge in [0.05, 0.1) is 0 Å². The standard InChI is InChI=1S/C9H15FN4/c1-14-8(12-7-13-14)6-9(10)2-4-11-5-3-9/h7,11H,2-6H2,1H3. The molecule has 1 aromatic rings. The highest BCUT2D eigenvalue weighted by molar-refractivity contribution is 4.96. The van der Waals surface area contributed by atoms with E-state index in [0.717, 1.165) is 18.9 Å². The summed E-state index contributed by atoms with van der Waals surface area (Å²) >= 11 is 0. The van der Waals surface area contributed by atoms with Crippen LogP contribution in [-0.4, -0.2) is 33.5 Å². The third kappa shape index (κ3) is 1.92. The molecule has 0 spiro atoms. The van der Waals surface area contributed by atoms with Crippen molar-refractivity contribution in [2.24, 2.45) is 7.05 Å². The highest BCUT2D eigenvalue weighted by Gasteiger charge is 2.33. The maximum Gasteiger partial charge on any atom is 0.138 e. The molecule has 0 bridgehead atoms. The van der Waals surface area contributed by atoms with E-state index in [1.165, 1.54) is 6.33 Å². The van der Waals surface area contributed by atoms with Gasteiger partial charge in [0, 0.05) is 13.5 Å². The Hall–Kier alpha value is -0.970. The molecule has 0 amide bonds. The van der Waals surface area contributed by atoms with Crippen LogP contribution in [0.25, 0.3) is 0 Å². The highest BCUT2D eigenvalue weighted by Crippen LogP contribution is 2.26.